The highest BCUT2D eigenvalue weighted by Gasteiger charge is 2.23. The van der Waals surface area contributed by atoms with Gasteiger partial charge in [-0.25, -0.2) is 4.79 Å². The largest absolute Gasteiger partial charge is 0.481 e. The van der Waals surface area contributed by atoms with Gasteiger partial charge in [0.05, 0.1) is 7.11 Å². The predicted octanol–water partition coefficient (Wildman–Crippen LogP) is 2.56. The molecule has 1 aromatic rings. The molecule has 0 unspecified atom stereocenters. The van der Waals surface area contributed by atoms with E-state index in [1.54, 1.807) is 39.8 Å². The number of amides is 1. The Hall–Kier alpha value is -2.37. The van der Waals surface area contributed by atoms with Crippen LogP contribution in [0.1, 0.15) is 33.3 Å². The summed E-state index contributed by atoms with van der Waals surface area (Å²) in [6.07, 6.45) is 1.07. The fourth-order valence-electron chi connectivity index (χ4n) is 1.53. The molecule has 21 heavy (non-hydrogen) atoms. The monoisotopic (exact) mass is 292 g/mol. The number of aliphatic carboxylic acids is 1. The lowest BCUT2D eigenvalue weighted by Crippen LogP contribution is -2.28. The minimum atomic E-state index is -1.06. The van der Waals surface area contributed by atoms with Gasteiger partial charge in [0.1, 0.15) is 5.82 Å². The van der Waals surface area contributed by atoms with Gasteiger partial charge in [0.15, 0.2) is 0 Å². The second-order valence-corrected chi connectivity index (χ2v) is 5.62. The summed E-state index contributed by atoms with van der Waals surface area (Å²) in [6.45, 7) is 6.98. The first-order chi connectivity index (χ1) is 9.65. The van der Waals surface area contributed by atoms with Crippen molar-refractivity contribution in [3.05, 3.63) is 23.8 Å². The average Bonchev–Trinajstić information content (AvgIpc) is 2.36. The van der Waals surface area contributed by atoms with Gasteiger partial charge in [0.25, 0.3) is 0 Å². The fraction of sp³-hybridized carbons (Fsp3) is 0.400. The van der Waals surface area contributed by atoms with E-state index in [2.05, 4.69) is 10.3 Å². The number of rotatable bonds is 4. The molecule has 1 heterocycles. The smallest absolute Gasteiger partial charge is 0.328 e. The number of nitrogens with one attached hydrogen (secondary N) is 1. The van der Waals surface area contributed by atoms with Crippen LogP contribution < -0.4 is 10.1 Å². The van der Waals surface area contributed by atoms with Crippen molar-refractivity contribution in [3.8, 4) is 5.88 Å². The number of carboxylic acids is 1. The molecule has 0 bridgehead atoms. The molecule has 0 radical (unpaired) electrons. The minimum absolute atomic E-state index is 0.215. The lowest BCUT2D eigenvalue weighted by molar-refractivity contribution is -0.131. The molecule has 2 N–H and O–H groups in total. The Kier molecular flexibility index (Phi) is 5.07. The summed E-state index contributed by atoms with van der Waals surface area (Å²) in [6, 6.07) is 3.28. The maximum Gasteiger partial charge on any atom is 0.328 e. The zero-order chi connectivity index (χ0) is 16.2. The predicted molar refractivity (Wildman–Crippen MR) is 80.2 cm³/mol. The molecule has 0 atom stereocenters. The van der Waals surface area contributed by atoms with Gasteiger partial charge in [0.2, 0.25) is 11.8 Å². The summed E-state index contributed by atoms with van der Waals surface area (Å²) >= 11 is 0. The second-order valence-electron chi connectivity index (χ2n) is 5.62. The maximum atomic E-state index is 12.1. The number of hydrogen-bond acceptors (Lipinski definition) is 4. The zero-order valence-electron chi connectivity index (χ0n) is 12.9. The number of aromatic nitrogens is 1. The van der Waals surface area contributed by atoms with Gasteiger partial charge < -0.3 is 15.2 Å². The molecule has 0 saturated heterocycles. The highest BCUT2D eigenvalue weighted by Crippen LogP contribution is 2.26. The van der Waals surface area contributed by atoms with E-state index < -0.39 is 11.4 Å². The third kappa shape index (κ3) is 4.59. The number of ether oxygens (including phenoxy) is 1. The van der Waals surface area contributed by atoms with Crippen LogP contribution in [-0.4, -0.2) is 29.1 Å². The van der Waals surface area contributed by atoms with Crippen molar-refractivity contribution in [2.75, 3.05) is 12.4 Å². The molecule has 6 nitrogen and oxygen atoms in total. The number of pyridine rings is 1. The number of anilines is 1. The van der Waals surface area contributed by atoms with Gasteiger partial charge >= 0.3 is 5.97 Å². The molecule has 1 rings (SSSR count). The van der Waals surface area contributed by atoms with Crippen LogP contribution in [0.25, 0.3) is 5.57 Å². The van der Waals surface area contributed by atoms with Crippen LogP contribution >= 0.6 is 0 Å². The number of methoxy groups -OCH3 is 1. The van der Waals surface area contributed by atoms with Crippen LogP contribution in [0.5, 0.6) is 5.88 Å². The number of carbonyl (C=O) groups excluding carboxylic acids is 1. The summed E-state index contributed by atoms with van der Waals surface area (Å²) in [7, 11) is 1.47. The average molecular weight is 292 g/mol. The molecule has 0 saturated carbocycles. The molecular weight excluding hydrogens is 272 g/mol. The Balaban J connectivity index is 3.26. The van der Waals surface area contributed by atoms with Crippen LogP contribution in [-0.2, 0) is 9.59 Å². The van der Waals surface area contributed by atoms with Gasteiger partial charge in [-0.2, -0.15) is 4.98 Å². The van der Waals surface area contributed by atoms with Crippen LogP contribution in [0, 0.1) is 5.41 Å². The summed E-state index contributed by atoms with van der Waals surface area (Å²) in [5.41, 5.74) is 0.435. The van der Waals surface area contributed by atoms with Crippen LogP contribution in [0.4, 0.5) is 5.82 Å². The molecular formula is C15H20N2O4. The SMILES string of the molecule is COc1ccc(/C(C)=C\C(=O)O)c(NC(=O)C(C)(C)C)n1. The van der Waals surface area contributed by atoms with Gasteiger partial charge in [-0.3, -0.25) is 4.79 Å². The van der Waals surface area contributed by atoms with Gasteiger partial charge in [0, 0.05) is 23.1 Å². The molecule has 0 aliphatic rings. The third-order valence-corrected chi connectivity index (χ3v) is 2.76. The third-order valence-electron chi connectivity index (χ3n) is 2.76. The number of carbonyl (C=O) groups is 2. The summed E-state index contributed by atoms with van der Waals surface area (Å²) in [5, 5.41) is 11.6. The molecule has 0 aliphatic carbocycles. The number of hydrogen-bond donors (Lipinski definition) is 2. The second kappa shape index (κ2) is 6.39. The Morgan fingerprint density at radius 3 is 2.43 bits per heavy atom. The van der Waals surface area contributed by atoms with Crippen molar-refractivity contribution in [2.45, 2.75) is 27.7 Å². The molecule has 1 amide bonds. The lowest BCUT2D eigenvalue weighted by Gasteiger charge is -2.19. The van der Waals surface area contributed by atoms with E-state index in [0.717, 1.165) is 6.08 Å². The normalized spacial score (nSPS) is 12.0. The molecule has 0 fully saturated rings. The van der Waals surface area contributed by atoms with Gasteiger partial charge in [-0.1, -0.05) is 20.8 Å². The van der Waals surface area contributed by atoms with E-state index in [0.29, 0.717) is 17.0 Å². The van der Waals surface area contributed by atoms with Crippen molar-refractivity contribution in [2.24, 2.45) is 5.41 Å². The van der Waals surface area contributed by atoms with Crippen molar-refractivity contribution < 1.29 is 19.4 Å². The minimum Gasteiger partial charge on any atom is -0.481 e. The van der Waals surface area contributed by atoms with E-state index >= 15 is 0 Å². The van der Waals surface area contributed by atoms with Crippen molar-refractivity contribution in [1.82, 2.24) is 4.98 Å². The van der Waals surface area contributed by atoms with Crippen LogP contribution in [0.15, 0.2) is 18.2 Å². The van der Waals surface area contributed by atoms with E-state index in [1.807, 2.05) is 0 Å². The first-order valence-corrected chi connectivity index (χ1v) is 6.43. The van der Waals surface area contributed by atoms with Crippen LogP contribution in [0.3, 0.4) is 0 Å². The first kappa shape index (κ1) is 16.7. The first-order valence-electron chi connectivity index (χ1n) is 6.43. The summed E-state index contributed by atoms with van der Waals surface area (Å²) in [4.78, 5) is 27.1. The standard InChI is InChI=1S/C15H20N2O4/c1-9(8-12(18)19)10-6-7-11(21-5)16-13(10)17-14(20)15(2,3)4/h6-8H,1-5H3,(H,18,19)(H,16,17,20)/b9-8-. The molecule has 6 heteroatoms. The van der Waals surface area contributed by atoms with Crippen LogP contribution in [0.2, 0.25) is 0 Å². The summed E-state index contributed by atoms with van der Waals surface area (Å²) in [5.74, 6) is -0.653. The Morgan fingerprint density at radius 2 is 1.95 bits per heavy atom. The number of carboxylic acid groups (broad SMARTS) is 1. The molecule has 0 spiro atoms. The zero-order valence-corrected chi connectivity index (χ0v) is 12.9. The molecule has 0 aromatic carbocycles. The fourth-order valence-corrected chi connectivity index (χ4v) is 1.53. The van der Waals surface area contributed by atoms with E-state index in [9.17, 15) is 9.59 Å². The Bertz CT molecular complexity index is 586. The highest BCUT2D eigenvalue weighted by molar-refractivity contribution is 5.98. The maximum absolute atomic E-state index is 12.1. The van der Waals surface area contributed by atoms with Gasteiger partial charge in [-0.15, -0.1) is 0 Å². The van der Waals surface area contributed by atoms with Crippen molar-refractivity contribution in [3.63, 3.8) is 0 Å². The molecule has 114 valence electrons. The van der Waals surface area contributed by atoms with E-state index in [-0.39, 0.29) is 11.7 Å². The molecule has 1 aromatic heterocycles. The Labute approximate surface area is 123 Å². The summed E-state index contributed by atoms with van der Waals surface area (Å²) < 4.78 is 5.04. The van der Waals surface area contributed by atoms with Crippen molar-refractivity contribution in [1.29, 1.82) is 0 Å². The topological polar surface area (TPSA) is 88.5 Å². The number of nitrogens with zero attached hydrogens (tertiary/aromatic N) is 1. The van der Waals surface area contributed by atoms with Gasteiger partial charge in [-0.05, 0) is 18.6 Å². The van der Waals surface area contributed by atoms with E-state index in [1.165, 1.54) is 7.11 Å². The lowest BCUT2D eigenvalue weighted by atomic mass is 9.95. The van der Waals surface area contributed by atoms with E-state index in [4.69, 9.17) is 9.84 Å². The Morgan fingerprint density at radius 1 is 1.33 bits per heavy atom. The number of allylic oxidation sites excluding steroid dienone is 1. The highest BCUT2D eigenvalue weighted by atomic mass is 16.5. The quantitative estimate of drug-likeness (QED) is 0.833. The molecule has 0 aliphatic heterocycles. The van der Waals surface area contributed by atoms with Crippen molar-refractivity contribution >= 4 is 23.3 Å².